The predicted octanol–water partition coefficient (Wildman–Crippen LogP) is 6.39. The second-order valence-corrected chi connectivity index (χ2v) is 13.6. The molecule has 0 spiro atoms. The minimum atomic E-state index is -0.485. The van der Waals surface area contributed by atoms with Crippen molar-refractivity contribution in [2.75, 3.05) is 59.0 Å². The van der Waals surface area contributed by atoms with E-state index in [0.29, 0.717) is 55.4 Å². The van der Waals surface area contributed by atoms with Crippen LogP contribution in [0.5, 0.6) is 5.75 Å². The molecule has 3 aromatic rings. The number of ether oxygens (including phenoxy) is 2. The fourth-order valence-electron chi connectivity index (χ4n) is 5.83. The topological polar surface area (TPSA) is 115 Å². The molecule has 1 aromatic heterocycles. The molecule has 4 rings (SSSR count). The number of rotatable bonds is 19. The van der Waals surface area contributed by atoms with Crippen molar-refractivity contribution >= 4 is 45.2 Å². The zero-order valence-electron chi connectivity index (χ0n) is 28.7. The summed E-state index contributed by atoms with van der Waals surface area (Å²) in [5.74, 6) is 0.538. The van der Waals surface area contributed by atoms with Gasteiger partial charge in [0, 0.05) is 44.4 Å². The van der Waals surface area contributed by atoms with Gasteiger partial charge in [0.15, 0.2) is 0 Å². The third-order valence-electron chi connectivity index (χ3n) is 9.07. The molecule has 0 bridgehead atoms. The normalized spacial score (nSPS) is 15.8. The van der Waals surface area contributed by atoms with E-state index in [1.807, 2.05) is 47.4 Å². The fraction of sp³-hybridized carbons (Fsp3) is 0.486. The first kappa shape index (κ1) is 38.2. The van der Waals surface area contributed by atoms with E-state index in [4.69, 9.17) is 21.1 Å². The lowest BCUT2D eigenvalue weighted by Gasteiger charge is -2.30. The first-order chi connectivity index (χ1) is 23.7. The van der Waals surface area contributed by atoms with Gasteiger partial charge in [-0.25, -0.2) is 4.79 Å². The van der Waals surface area contributed by atoms with E-state index in [-0.39, 0.29) is 42.0 Å². The number of thiazole rings is 1. The molecule has 2 aromatic carbocycles. The third kappa shape index (κ3) is 11.5. The highest BCUT2D eigenvalue weighted by molar-refractivity contribution is 7.16. The molecule has 10 nitrogen and oxygen atoms in total. The zero-order chi connectivity index (χ0) is 35.2. The Morgan fingerprint density at radius 1 is 0.980 bits per heavy atom. The van der Waals surface area contributed by atoms with E-state index in [9.17, 15) is 19.5 Å². The molecule has 0 fully saturated rings. The van der Waals surface area contributed by atoms with Gasteiger partial charge in [-0.1, -0.05) is 92.3 Å². The summed E-state index contributed by atoms with van der Waals surface area (Å²) in [6.45, 7) is 11.2. The van der Waals surface area contributed by atoms with Gasteiger partial charge < -0.3 is 34.3 Å². The van der Waals surface area contributed by atoms with Gasteiger partial charge in [-0.05, 0) is 61.0 Å². The van der Waals surface area contributed by atoms with Crippen molar-refractivity contribution in [1.29, 1.82) is 0 Å². The molecular formula is C37H49ClN4O6S. The van der Waals surface area contributed by atoms with E-state index in [1.165, 1.54) is 0 Å². The number of benzene rings is 2. The van der Waals surface area contributed by atoms with Crippen LogP contribution in [-0.4, -0.2) is 95.8 Å². The quantitative estimate of drug-likeness (QED) is 0.139. The summed E-state index contributed by atoms with van der Waals surface area (Å²) in [6, 6.07) is 12.8. The number of likely N-dealkylation sites (N-methyl/N-ethyl adjacent to an activating group) is 1. The van der Waals surface area contributed by atoms with Crippen molar-refractivity contribution in [3.63, 3.8) is 0 Å². The average molecular weight is 713 g/mol. The molecule has 2 amide bonds. The van der Waals surface area contributed by atoms with Crippen LogP contribution in [0.2, 0.25) is 0 Å². The molecule has 1 aliphatic rings. The first-order valence-electron chi connectivity index (χ1n) is 17.1. The van der Waals surface area contributed by atoms with Crippen molar-refractivity contribution in [1.82, 2.24) is 19.7 Å². The Bertz CT molecular complexity index is 1620. The molecule has 1 aliphatic carbocycles. The standard InChI is InChI=1S/C37H49ClN4O6S/c1-4-40(5-2)20-21-41(33(44)18-25-47-24-17-29-12-9-13-31(38)27(29)3)22-23-42(37(46)48-26-28-10-7-6-8-11-28)19-16-30-14-15-32(43)34-35(30)49-36(45)39-34/h6-15,27,29,43H,4-5,16-26H2,1-3H3,(H,39,45). The van der Waals surface area contributed by atoms with Crippen LogP contribution < -0.4 is 4.87 Å². The van der Waals surface area contributed by atoms with Gasteiger partial charge in [-0.3, -0.25) is 9.59 Å². The van der Waals surface area contributed by atoms with Crippen molar-refractivity contribution in [3.8, 4) is 5.75 Å². The maximum atomic E-state index is 13.5. The Labute approximate surface area is 297 Å². The minimum Gasteiger partial charge on any atom is -0.506 e. The summed E-state index contributed by atoms with van der Waals surface area (Å²) in [5, 5.41) is 11.1. The molecule has 2 atom stereocenters. The van der Waals surface area contributed by atoms with Gasteiger partial charge in [-0.2, -0.15) is 0 Å². The summed E-state index contributed by atoms with van der Waals surface area (Å²) < 4.78 is 12.3. The summed E-state index contributed by atoms with van der Waals surface area (Å²) in [5.41, 5.74) is 2.10. The third-order valence-corrected chi connectivity index (χ3v) is 10.5. The fourth-order valence-corrected chi connectivity index (χ4v) is 6.97. The zero-order valence-corrected chi connectivity index (χ0v) is 30.3. The van der Waals surface area contributed by atoms with Gasteiger partial charge in [0.25, 0.3) is 0 Å². The summed E-state index contributed by atoms with van der Waals surface area (Å²) in [4.78, 5) is 47.2. The van der Waals surface area contributed by atoms with E-state index in [1.54, 1.807) is 17.0 Å². The number of H-pyrrole nitrogens is 1. The lowest BCUT2D eigenvalue weighted by atomic mass is 9.87. The minimum absolute atomic E-state index is 0.00416. The van der Waals surface area contributed by atoms with Crippen LogP contribution in [0.15, 0.2) is 70.5 Å². The number of hydrogen-bond acceptors (Lipinski definition) is 8. The van der Waals surface area contributed by atoms with Crippen molar-refractivity contribution in [2.45, 2.75) is 46.6 Å². The summed E-state index contributed by atoms with van der Waals surface area (Å²) >= 11 is 7.34. The predicted molar refractivity (Wildman–Crippen MR) is 196 cm³/mol. The number of allylic oxidation sites excluding steroid dienone is 4. The van der Waals surface area contributed by atoms with Crippen molar-refractivity contribution < 1.29 is 24.2 Å². The molecule has 0 saturated carbocycles. The number of fused-ring (bicyclic) bond motifs is 1. The number of aromatic hydroxyl groups is 1. The Balaban J connectivity index is 1.40. The molecule has 0 saturated heterocycles. The summed E-state index contributed by atoms with van der Waals surface area (Å²) in [6.07, 6.45) is 7.08. The van der Waals surface area contributed by atoms with Crippen molar-refractivity contribution in [2.24, 2.45) is 11.8 Å². The molecule has 266 valence electrons. The van der Waals surface area contributed by atoms with E-state index < -0.39 is 6.09 Å². The molecule has 1 heterocycles. The van der Waals surface area contributed by atoms with Gasteiger partial charge in [0.2, 0.25) is 5.91 Å². The van der Waals surface area contributed by atoms with E-state index in [2.05, 4.69) is 36.7 Å². The van der Waals surface area contributed by atoms with Crippen LogP contribution in [0.4, 0.5) is 4.79 Å². The number of halogens is 1. The number of phenolic OH excluding ortho intramolecular Hbond substituents is 1. The maximum Gasteiger partial charge on any atom is 0.410 e. The second-order valence-electron chi connectivity index (χ2n) is 12.2. The van der Waals surface area contributed by atoms with Crippen LogP contribution in [-0.2, 0) is 27.3 Å². The number of aromatic amines is 1. The Morgan fingerprint density at radius 3 is 2.47 bits per heavy atom. The average Bonchev–Trinajstić information content (AvgIpc) is 3.51. The molecule has 2 N–H and O–H groups in total. The SMILES string of the molecule is CCN(CC)CCN(CCN(CCc1ccc(O)c2[nH]c(=O)sc12)C(=O)OCc1ccccc1)C(=O)CCOCCC1C=CC=C(Cl)C1C. The Kier molecular flexibility index (Phi) is 15.2. The largest absolute Gasteiger partial charge is 0.506 e. The maximum absolute atomic E-state index is 13.5. The molecular weight excluding hydrogens is 664 g/mol. The van der Waals surface area contributed by atoms with Crippen molar-refractivity contribution in [3.05, 3.63) is 86.5 Å². The number of nitrogens with zero attached hydrogens (tertiary/aromatic N) is 3. The number of phenols is 1. The highest BCUT2D eigenvalue weighted by Crippen LogP contribution is 2.31. The monoisotopic (exact) mass is 712 g/mol. The number of carbonyl (C=O) groups is 2. The number of amides is 2. The van der Waals surface area contributed by atoms with E-state index >= 15 is 0 Å². The number of nitrogens with one attached hydrogen (secondary N) is 1. The van der Waals surface area contributed by atoms with Gasteiger partial charge in [-0.15, -0.1) is 0 Å². The smallest absolute Gasteiger partial charge is 0.410 e. The number of aromatic nitrogens is 1. The lowest BCUT2D eigenvalue weighted by Crippen LogP contribution is -2.45. The molecule has 2 unspecified atom stereocenters. The highest BCUT2D eigenvalue weighted by atomic mass is 35.5. The number of carbonyl (C=O) groups excluding carboxylic acids is 2. The lowest BCUT2D eigenvalue weighted by molar-refractivity contribution is -0.132. The van der Waals surface area contributed by atoms with Crippen LogP contribution in [0.1, 0.15) is 44.7 Å². The van der Waals surface area contributed by atoms with E-state index in [0.717, 1.165) is 53.6 Å². The molecule has 49 heavy (non-hydrogen) atoms. The van der Waals surface area contributed by atoms with Crippen LogP contribution in [0, 0.1) is 11.8 Å². The van der Waals surface area contributed by atoms with Gasteiger partial charge in [0.1, 0.15) is 17.9 Å². The van der Waals surface area contributed by atoms with Crippen LogP contribution >= 0.6 is 22.9 Å². The first-order valence-corrected chi connectivity index (χ1v) is 18.3. The second kappa shape index (κ2) is 19.5. The van der Waals surface area contributed by atoms with Gasteiger partial charge in [0.05, 0.1) is 17.7 Å². The Morgan fingerprint density at radius 2 is 1.71 bits per heavy atom. The molecule has 0 aliphatic heterocycles. The summed E-state index contributed by atoms with van der Waals surface area (Å²) in [7, 11) is 0. The molecule has 0 radical (unpaired) electrons. The molecule has 12 heteroatoms. The number of hydrogen-bond donors (Lipinski definition) is 2. The van der Waals surface area contributed by atoms with Crippen LogP contribution in [0.3, 0.4) is 0 Å². The Hall–Kier alpha value is -3.64. The highest BCUT2D eigenvalue weighted by Gasteiger charge is 2.22. The van der Waals surface area contributed by atoms with Gasteiger partial charge >= 0.3 is 11.0 Å². The van der Waals surface area contributed by atoms with Crippen LogP contribution in [0.25, 0.3) is 10.2 Å².